The lowest BCUT2D eigenvalue weighted by molar-refractivity contribution is -0.145. The molecule has 4 nitrogen and oxygen atoms in total. The smallest absolute Gasteiger partial charge is 0.314 e. The van der Waals surface area contributed by atoms with E-state index in [1.807, 2.05) is 32.0 Å². The van der Waals surface area contributed by atoms with Crippen LogP contribution in [0.25, 0.3) is 0 Å². The number of nitrogens with one attached hydrogen (secondary N) is 1. The van der Waals surface area contributed by atoms with Crippen molar-refractivity contribution in [3.8, 4) is 0 Å². The molecule has 1 aliphatic carbocycles. The van der Waals surface area contributed by atoms with Gasteiger partial charge in [-0.2, -0.15) is 0 Å². The highest BCUT2D eigenvalue weighted by molar-refractivity contribution is 6.05. The zero-order valence-electron chi connectivity index (χ0n) is 12.5. The largest absolute Gasteiger partial charge is 0.481 e. The first-order valence-corrected chi connectivity index (χ1v) is 7.58. The number of hydrogen-bond donors (Lipinski definition) is 2. The number of hydrogen-bond acceptors (Lipinski definition) is 2. The molecule has 112 valence electrons. The average Bonchev–Trinajstić information content (AvgIpc) is 2.69. The van der Waals surface area contributed by atoms with Crippen molar-refractivity contribution < 1.29 is 14.7 Å². The molecule has 1 heterocycles. The molecule has 1 fully saturated rings. The van der Waals surface area contributed by atoms with Gasteiger partial charge < -0.3 is 10.4 Å². The Bertz CT molecular complexity index is 612. The van der Waals surface area contributed by atoms with E-state index in [1.165, 1.54) is 0 Å². The third-order valence-corrected chi connectivity index (χ3v) is 5.18. The number of carboxylic acids is 1. The zero-order chi connectivity index (χ0) is 15.3. The summed E-state index contributed by atoms with van der Waals surface area (Å²) in [6.07, 6.45) is 4.37. The normalized spacial score (nSPS) is 22.5. The van der Waals surface area contributed by atoms with Crippen molar-refractivity contribution in [2.75, 3.05) is 5.32 Å². The van der Waals surface area contributed by atoms with Crippen molar-refractivity contribution in [1.29, 1.82) is 0 Å². The predicted molar refractivity (Wildman–Crippen MR) is 80.5 cm³/mol. The number of aliphatic carboxylic acids is 1. The lowest BCUT2D eigenvalue weighted by Gasteiger charge is -2.34. The number of benzene rings is 1. The molecule has 1 aliphatic heterocycles. The lowest BCUT2D eigenvalue weighted by Crippen LogP contribution is -2.38. The number of anilines is 1. The summed E-state index contributed by atoms with van der Waals surface area (Å²) in [5.41, 5.74) is 1.19. The first kappa shape index (κ1) is 14.1. The summed E-state index contributed by atoms with van der Waals surface area (Å²) >= 11 is 0. The molecule has 4 heteroatoms. The van der Waals surface area contributed by atoms with E-state index in [0.29, 0.717) is 12.8 Å². The van der Waals surface area contributed by atoms with Gasteiger partial charge in [-0.3, -0.25) is 9.59 Å². The van der Waals surface area contributed by atoms with Crippen LogP contribution in [0.4, 0.5) is 5.69 Å². The van der Waals surface area contributed by atoms with Crippen LogP contribution in [0.15, 0.2) is 18.2 Å². The molecule has 1 saturated carbocycles. The third-order valence-electron chi connectivity index (χ3n) is 5.18. The van der Waals surface area contributed by atoms with Gasteiger partial charge in [0.05, 0.1) is 10.8 Å². The Morgan fingerprint density at radius 1 is 1.19 bits per heavy atom. The number of amides is 1. The van der Waals surface area contributed by atoms with E-state index in [2.05, 4.69) is 5.32 Å². The van der Waals surface area contributed by atoms with Crippen LogP contribution in [0, 0.1) is 0 Å². The fraction of sp³-hybridized carbons (Fsp3) is 0.529. The van der Waals surface area contributed by atoms with Crippen LogP contribution < -0.4 is 5.32 Å². The maximum atomic E-state index is 12.0. The Kier molecular flexibility index (Phi) is 3.08. The van der Waals surface area contributed by atoms with E-state index >= 15 is 0 Å². The van der Waals surface area contributed by atoms with Crippen LogP contribution >= 0.6 is 0 Å². The van der Waals surface area contributed by atoms with Gasteiger partial charge in [-0.15, -0.1) is 0 Å². The predicted octanol–water partition coefficient (Wildman–Crippen LogP) is 3.20. The van der Waals surface area contributed by atoms with E-state index < -0.39 is 16.8 Å². The van der Waals surface area contributed by atoms with Crippen molar-refractivity contribution in [3.63, 3.8) is 0 Å². The summed E-state index contributed by atoms with van der Waals surface area (Å²) in [4.78, 5) is 23.9. The topological polar surface area (TPSA) is 66.4 Å². The summed E-state index contributed by atoms with van der Waals surface area (Å²) in [6, 6.07) is 5.67. The van der Waals surface area contributed by atoms with E-state index in [4.69, 9.17) is 0 Å². The van der Waals surface area contributed by atoms with Gasteiger partial charge in [-0.25, -0.2) is 0 Å². The Morgan fingerprint density at radius 2 is 1.86 bits per heavy atom. The molecule has 3 rings (SSSR count). The number of carbonyl (C=O) groups is 2. The van der Waals surface area contributed by atoms with Gasteiger partial charge in [0, 0.05) is 5.69 Å². The van der Waals surface area contributed by atoms with Gasteiger partial charge >= 0.3 is 5.97 Å². The van der Waals surface area contributed by atoms with Crippen LogP contribution in [-0.4, -0.2) is 17.0 Å². The van der Waals surface area contributed by atoms with Gasteiger partial charge in [-0.1, -0.05) is 31.4 Å². The van der Waals surface area contributed by atoms with Crippen LogP contribution in [0.1, 0.15) is 57.1 Å². The van der Waals surface area contributed by atoms with Crippen molar-refractivity contribution in [2.24, 2.45) is 0 Å². The molecule has 0 radical (unpaired) electrons. The standard InChI is InChI=1S/C17H21NO3/c1-16(2)12-10-11(6-7-13(12)18-14(16)19)17(15(20)21)8-4-3-5-9-17/h6-7,10H,3-5,8-9H2,1-2H3,(H,18,19)(H,20,21). The molecule has 2 aliphatic rings. The summed E-state index contributed by atoms with van der Waals surface area (Å²) in [5.74, 6) is -0.764. The van der Waals surface area contributed by atoms with E-state index in [-0.39, 0.29) is 5.91 Å². The van der Waals surface area contributed by atoms with E-state index in [0.717, 1.165) is 36.1 Å². The maximum Gasteiger partial charge on any atom is 0.314 e. The molecule has 21 heavy (non-hydrogen) atoms. The number of carbonyl (C=O) groups excluding carboxylic acids is 1. The van der Waals surface area contributed by atoms with Crippen molar-refractivity contribution in [3.05, 3.63) is 29.3 Å². The van der Waals surface area contributed by atoms with E-state index in [9.17, 15) is 14.7 Å². The van der Waals surface area contributed by atoms with Gasteiger partial charge in [-0.05, 0) is 43.9 Å². The highest BCUT2D eigenvalue weighted by Gasteiger charge is 2.44. The monoisotopic (exact) mass is 287 g/mol. The molecule has 0 atom stereocenters. The zero-order valence-corrected chi connectivity index (χ0v) is 12.5. The summed E-state index contributed by atoms with van der Waals surface area (Å²) in [6.45, 7) is 3.76. The van der Waals surface area contributed by atoms with Crippen LogP contribution in [0.5, 0.6) is 0 Å². The quantitative estimate of drug-likeness (QED) is 0.877. The Morgan fingerprint density at radius 3 is 2.48 bits per heavy atom. The third kappa shape index (κ3) is 1.96. The molecule has 1 aromatic carbocycles. The second kappa shape index (κ2) is 4.58. The van der Waals surface area contributed by atoms with Gasteiger partial charge in [0.2, 0.25) is 5.91 Å². The molecular formula is C17H21NO3. The van der Waals surface area contributed by atoms with Gasteiger partial charge in [0.25, 0.3) is 0 Å². The molecule has 0 saturated heterocycles. The number of carboxylic acid groups (broad SMARTS) is 1. The fourth-order valence-electron chi connectivity index (χ4n) is 3.65. The molecular weight excluding hydrogens is 266 g/mol. The minimum absolute atomic E-state index is 0.0253. The first-order chi connectivity index (χ1) is 9.88. The molecule has 1 aromatic rings. The van der Waals surface area contributed by atoms with Crippen molar-refractivity contribution in [2.45, 2.75) is 56.8 Å². The summed E-state index contributed by atoms with van der Waals surface area (Å²) in [7, 11) is 0. The molecule has 0 unspecified atom stereocenters. The lowest BCUT2D eigenvalue weighted by atomic mass is 9.68. The summed E-state index contributed by atoms with van der Waals surface area (Å²) < 4.78 is 0. The summed E-state index contributed by atoms with van der Waals surface area (Å²) in [5, 5.41) is 12.7. The molecule has 2 N–H and O–H groups in total. The highest BCUT2D eigenvalue weighted by Crippen LogP contribution is 2.44. The van der Waals surface area contributed by atoms with Gasteiger partial charge in [0.1, 0.15) is 0 Å². The van der Waals surface area contributed by atoms with Crippen LogP contribution in [-0.2, 0) is 20.4 Å². The Hall–Kier alpha value is -1.84. The Labute approximate surface area is 124 Å². The van der Waals surface area contributed by atoms with Gasteiger partial charge in [0.15, 0.2) is 0 Å². The second-order valence-electron chi connectivity index (χ2n) is 6.79. The minimum Gasteiger partial charge on any atom is -0.481 e. The molecule has 1 amide bonds. The number of fused-ring (bicyclic) bond motifs is 1. The highest BCUT2D eigenvalue weighted by atomic mass is 16.4. The number of rotatable bonds is 2. The average molecular weight is 287 g/mol. The van der Waals surface area contributed by atoms with Crippen LogP contribution in [0.2, 0.25) is 0 Å². The maximum absolute atomic E-state index is 12.0. The minimum atomic E-state index is -0.783. The molecule has 0 bridgehead atoms. The van der Waals surface area contributed by atoms with Crippen molar-refractivity contribution in [1.82, 2.24) is 0 Å². The van der Waals surface area contributed by atoms with E-state index in [1.54, 1.807) is 0 Å². The Balaban J connectivity index is 2.10. The molecule has 0 spiro atoms. The first-order valence-electron chi connectivity index (χ1n) is 7.58. The molecule has 0 aromatic heterocycles. The SMILES string of the molecule is CC1(C)C(=O)Nc2ccc(C3(C(=O)O)CCCCC3)cc21. The second-order valence-corrected chi connectivity index (χ2v) is 6.79. The fourth-order valence-corrected chi connectivity index (χ4v) is 3.65. The van der Waals surface area contributed by atoms with Crippen LogP contribution in [0.3, 0.4) is 0 Å². The van der Waals surface area contributed by atoms with Crippen molar-refractivity contribution >= 4 is 17.6 Å².